The number of hydrogen-bond acceptors (Lipinski definition) is 3. The van der Waals surface area contributed by atoms with Crippen molar-refractivity contribution >= 4 is 11.9 Å². The first-order chi connectivity index (χ1) is 10.6. The number of amides is 1. The quantitative estimate of drug-likeness (QED) is 0.870. The van der Waals surface area contributed by atoms with Crippen molar-refractivity contribution in [3.63, 3.8) is 0 Å². The van der Waals surface area contributed by atoms with E-state index in [9.17, 15) is 14.7 Å². The molecule has 22 heavy (non-hydrogen) atoms. The van der Waals surface area contributed by atoms with E-state index in [1.807, 2.05) is 13.1 Å². The van der Waals surface area contributed by atoms with E-state index in [0.29, 0.717) is 19.3 Å². The number of carboxylic acid groups (broad SMARTS) is 1. The van der Waals surface area contributed by atoms with E-state index in [0.717, 1.165) is 37.8 Å². The van der Waals surface area contributed by atoms with Crippen LogP contribution < -0.4 is 5.32 Å². The maximum atomic E-state index is 12.2. The van der Waals surface area contributed by atoms with Crippen LogP contribution in [0.3, 0.4) is 0 Å². The summed E-state index contributed by atoms with van der Waals surface area (Å²) in [6, 6.07) is 1.65. The predicted molar refractivity (Wildman–Crippen MR) is 82.3 cm³/mol. The Balaban J connectivity index is 1.89. The van der Waals surface area contributed by atoms with Gasteiger partial charge in [-0.15, -0.1) is 0 Å². The highest BCUT2D eigenvalue weighted by Gasteiger charge is 2.29. The highest BCUT2D eigenvalue weighted by molar-refractivity contribution is 5.78. The minimum Gasteiger partial charge on any atom is -0.481 e. The number of carbonyl (C=O) groups is 2. The monoisotopic (exact) mass is 307 g/mol. The zero-order valence-corrected chi connectivity index (χ0v) is 13.1. The van der Waals surface area contributed by atoms with Gasteiger partial charge in [-0.05, 0) is 25.3 Å². The van der Waals surface area contributed by atoms with Gasteiger partial charge in [-0.2, -0.15) is 5.10 Å². The minimum atomic E-state index is -0.793. The molecule has 2 atom stereocenters. The van der Waals surface area contributed by atoms with Gasteiger partial charge in [-0.3, -0.25) is 14.3 Å². The second kappa shape index (κ2) is 7.96. The second-order valence-electron chi connectivity index (χ2n) is 6.06. The summed E-state index contributed by atoms with van der Waals surface area (Å²) >= 11 is 0. The molecule has 1 aliphatic carbocycles. The van der Waals surface area contributed by atoms with Gasteiger partial charge >= 0.3 is 5.97 Å². The number of aliphatic carboxylic acids is 1. The summed E-state index contributed by atoms with van der Waals surface area (Å²) in [6.45, 7) is 0. The summed E-state index contributed by atoms with van der Waals surface area (Å²) in [7, 11) is 1.85. The fourth-order valence-corrected chi connectivity index (χ4v) is 3.12. The van der Waals surface area contributed by atoms with Gasteiger partial charge in [0.1, 0.15) is 0 Å². The molecule has 0 radical (unpaired) electrons. The van der Waals surface area contributed by atoms with Crippen LogP contribution in [0, 0.1) is 5.92 Å². The van der Waals surface area contributed by atoms with Gasteiger partial charge in [0.15, 0.2) is 0 Å². The SMILES string of the molecule is Cn1nccc1CCC(=O)NC1CCCCCCC1C(=O)O. The lowest BCUT2D eigenvalue weighted by Crippen LogP contribution is -2.44. The van der Waals surface area contributed by atoms with E-state index in [-0.39, 0.29) is 11.9 Å². The van der Waals surface area contributed by atoms with Crippen molar-refractivity contribution in [2.24, 2.45) is 13.0 Å². The van der Waals surface area contributed by atoms with Gasteiger partial charge in [-0.1, -0.05) is 25.7 Å². The zero-order chi connectivity index (χ0) is 15.9. The molecule has 1 saturated carbocycles. The van der Waals surface area contributed by atoms with Crippen LogP contribution in [0.4, 0.5) is 0 Å². The summed E-state index contributed by atoms with van der Waals surface area (Å²) in [5.41, 5.74) is 1.00. The Bertz CT molecular complexity index is 512. The second-order valence-corrected chi connectivity index (χ2v) is 6.06. The van der Waals surface area contributed by atoms with E-state index in [1.165, 1.54) is 0 Å². The van der Waals surface area contributed by atoms with E-state index in [4.69, 9.17) is 0 Å². The highest BCUT2D eigenvalue weighted by Crippen LogP contribution is 2.23. The standard InChI is InChI=1S/C16H25N3O3/c1-19-12(10-11-17-19)8-9-15(20)18-14-7-5-3-2-4-6-13(14)16(21)22/h10-11,13-14H,2-9H2,1H3,(H,18,20)(H,21,22). The smallest absolute Gasteiger partial charge is 0.308 e. The lowest BCUT2D eigenvalue weighted by Gasteiger charge is -2.27. The third-order valence-electron chi connectivity index (χ3n) is 4.46. The Morgan fingerprint density at radius 3 is 2.68 bits per heavy atom. The topological polar surface area (TPSA) is 84.2 Å². The summed E-state index contributed by atoms with van der Waals surface area (Å²) in [6.07, 6.45) is 8.22. The molecule has 0 aliphatic heterocycles. The van der Waals surface area contributed by atoms with Crippen molar-refractivity contribution in [3.8, 4) is 0 Å². The van der Waals surface area contributed by atoms with Gasteiger partial charge in [-0.25, -0.2) is 0 Å². The molecule has 2 N–H and O–H groups in total. The van der Waals surface area contributed by atoms with Gasteiger partial charge in [0.05, 0.1) is 5.92 Å². The minimum absolute atomic E-state index is 0.0713. The molecule has 1 aromatic heterocycles. The molecule has 0 aromatic carbocycles. The van der Waals surface area contributed by atoms with Crippen LogP contribution in [0.2, 0.25) is 0 Å². The number of rotatable bonds is 5. The van der Waals surface area contributed by atoms with Gasteiger partial charge < -0.3 is 10.4 Å². The first-order valence-corrected chi connectivity index (χ1v) is 8.07. The molecule has 1 amide bonds. The van der Waals surface area contributed by atoms with Crippen LogP contribution in [0.1, 0.15) is 50.6 Å². The van der Waals surface area contributed by atoms with Gasteiger partial charge in [0.2, 0.25) is 5.91 Å². The average Bonchev–Trinajstić information content (AvgIpc) is 2.84. The lowest BCUT2D eigenvalue weighted by atomic mass is 9.86. The Kier molecular flexibility index (Phi) is 5.98. The highest BCUT2D eigenvalue weighted by atomic mass is 16.4. The maximum Gasteiger partial charge on any atom is 0.308 e. The Labute approximate surface area is 130 Å². The summed E-state index contributed by atoms with van der Waals surface area (Å²) in [5.74, 6) is -1.32. The number of carboxylic acids is 1. The molecule has 0 saturated heterocycles. The molecule has 1 heterocycles. The molecule has 1 aliphatic rings. The maximum absolute atomic E-state index is 12.2. The molecule has 1 fully saturated rings. The van der Waals surface area contributed by atoms with Crippen molar-refractivity contribution in [3.05, 3.63) is 18.0 Å². The molecular weight excluding hydrogens is 282 g/mol. The van der Waals surface area contributed by atoms with Crippen molar-refractivity contribution in [1.29, 1.82) is 0 Å². The molecule has 6 nitrogen and oxygen atoms in total. The van der Waals surface area contributed by atoms with E-state index in [1.54, 1.807) is 10.9 Å². The Hall–Kier alpha value is -1.85. The van der Waals surface area contributed by atoms with Crippen molar-refractivity contribution in [2.75, 3.05) is 0 Å². The first kappa shape index (κ1) is 16.5. The molecule has 0 spiro atoms. The summed E-state index contributed by atoms with van der Waals surface area (Å²) < 4.78 is 1.75. The fraction of sp³-hybridized carbons (Fsp3) is 0.688. The van der Waals surface area contributed by atoms with Crippen LogP contribution in [0.15, 0.2) is 12.3 Å². The van der Waals surface area contributed by atoms with Crippen LogP contribution in [-0.2, 0) is 23.1 Å². The molecule has 2 unspecified atom stereocenters. The normalized spacial score (nSPS) is 22.6. The van der Waals surface area contributed by atoms with Crippen LogP contribution in [0.5, 0.6) is 0 Å². The molecular formula is C16H25N3O3. The number of aromatic nitrogens is 2. The number of aryl methyl sites for hydroxylation is 2. The van der Waals surface area contributed by atoms with Gasteiger partial charge in [0.25, 0.3) is 0 Å². The number of carbonyl (C=O) groups excluding carboxylic acids is 1. The Morgan fingerprint density at radius 1 is 1.32 bits per heavy atom. The largest absolute Gasteiger partial charge is 0.481 e. The van der Waals surface area contributed by atoms with E-state index in [2.05, 4.69) is 10.4 Å². The number of nitrogens with one attached hydrogen (secondary N) is 1. The molecule has 1 aromatic rings. The third-order valence-corrected chi connectivity index (χ3v) is 4.46. The van der Waals surface area contributed by atoms with Crippen molar-refractivity contribution < 1.29 is 14.7 Å². The molecule has 122 valence electrons. The third kappa shape index (κ3) is 4.58. The van der Waals surface area contributed by atoms with Crippen LogP contribution in [0.25, 0.3) is 0 Å². The predicted octanol–water partition coefficient (Wildman–Crippen LogP) is 1.89. The van der Waals surface area contributed by atoms with E-state index < -0.39 is 11.9 Å². The lowest BCUT2D eigenvalue weighted by molar-refractivity contribution is -0.143. The van der Waals surface area contributed by atoms with Crippen LogP contribution >= 0.6 is 0 Å². The average molecular weight is 307 g/mol. The fourth-order valence-electron chi connectivity index (χ4n) is 3.12. The van der Waals surface area contributed by atoms with Gasteiger partial charge in [0, 0.05) is 31.4 Å². The molecule has 6 heteroatoms. The van der Waals surface area contributed by atoms with Crippen molar-refractivity contribution in [1.82, 2.24) is 15.1 Å². The zero-order valence-electron chi connectivity index (χ0n) is 13.1. The number of nitrogens with zero attached hydrogens (tertiary/aromatic N) is 2. The summed E-state index contributed by atoms with van der Waals surface area (Å²) in [4.78, 5) is 23.6. The number of hydrogen-bond donors (Lipinski definition) is 2. The first-order valence-electron chi connectivity index (χ1n) is 8.07. The van der Waals surface area contributed by atoms with Crippen LogP contribution in [-0.4, -0.2) is 32.8 Å². The Morgan fingerprint density at radius 2 is 2.05 bits per heavy atom. The molecule has 0 bridgehead atoms. The molecule has 2 rings (SSSR count). The van der Waals surface area contributed by atoms with Crippen molar-refractivity contribution in [2.45, 2.75) is 57.4 Å². The summed E-state index contributed by atoms with van der Waals surface area (Å²) in [5, 5.41) is 16.4. The van der Waals surface area contributed by atoms with E-state index >= 15 is 0 Å².